The van der Waals surface area contributed by atoms with Gasteiger partial charge < -0.3 is 9.29 Å². The maximum Gasteiger partial charge on any atom is 0.419 e. The van der Waals surface area contributed by atoms with E-state index in [4.69, 9.17) is 4.74 Å². The minimum absolute atomic E-state index is 0.231. The van der Waals surface area contributed by atoms with E-state index >= 15 is 0 Å². The maximum atomic E-state index is 13.4. The molecule has 0 spiro atoms. The van der Waals surface area contributed by atoms with Crippen molar-refractivity contribution in [2.24, 2.45) is 0 Å². The van der Waals surface area contributed by atoms with Gasteiger partial charge in [0.25, 0.3) is 0 Å². The highest BCUT2D eigenvalue weighted by molar-refractivity contribution is 7.90. The third-order valence-corrected chi connectivity index (χ3v) is 7.30. The van der Waals surface area contributed by atoms with Crippen LogP contribution in [0.25, 0.3) is 10.9 Å². The standard InChI is InChI=1S/C24H31N3O4S2/c1-8-17(26-33(30)24(5,6)7)18-14-32-21(25-18)20(28)16-13-27(22(29)31-23(2,3)4)19-12-10-9-11-15(16)19/h9-14,17,26H,8H2,1-7H3/t17-,33?/m0/s1. The van der Waals surface area contributed by atoms with Crippen LogP contribution in [0.3, 0.4) is 0 Å². The van der Waals surface area contributed by atoms with Crippen molar-refractivity contribution >= 4 is 45.5 Å². The lowest BCUT2D eigenvalue weighted by molar-refractivity contribution is 0.0544. The van der Waals surface area contributed by atoms with E-state index in [0.29, 0.717) is 33.6 Å². The summed E-state index contributed by atoms with van der Waals surface area (Å²) in [7, 11) is 0. The number of rotatable bonds is 6. The van der Waals surface area contributed by atoms with Gasteiger partial charge in [0.1, 0.15) is 10.3 Å². The van der Waals surface area contributed by atoms with Crippen LogP contribution in [0, 0.1) is 0 Å². The molecule has 3 aromatic rings. The zero-order chi connectivity index (χ0) is 24.6. The number of nitrogens with one attached hydrogen (secondary N) is 1. The van der Waals surface area contributed by atoms with E-state index in [-0.39, 0.29) is 11.8 Å². The molecule has 33 heavy (non-hydrogen) atoms. The summed E-state index contributed by atoms with van der Waals surface area (Å²) in [6.07, 6.45) is 1.65. The summed E-state index contributed by atoms with van der Waals surface area (Å²) < 4.78 is 22.1. The normalized spacial score (nSPS) is 14.3. The molecule has 0 saturated heterocycles. The number of aromatic nitrogens is 2. The van der Waals surface area contributed by atoms with E-state index in [1.165, 1.54) is 22.1 Å². The SMILES string of the molecule is CC[C@H](N[S+]([O-])C(C)(C)C)c1csc(C(=O)c2cn(C(=O)OC(C)(C)C)c3ccccc23)n1. The highest BCUT2D eigenvalue weighted by Crippen LogP contribution is 2.28. The van der Waals surface area contributed by atoms with Crippen LogP contribution >= 0.6 is 11.3 Å². The lowest BCUT2D eigenvalue weighted by Gasteiger charge is -2.26. The van der Waals surface area contributed by atoms with Crippen LogP contribution in [-0.4, -0.2) is 36.3 Å². The number of ether oxygens (including phenoxy) is 1. The van der Waals surface area contributed by atoms with Gasteiger partial charge in [0.15, 0.2) is 5.01 Å². The largest absolute Gasteiger partial charge is 0.598 e. The van der Waals surface area contributed by atoms with E-state index < -0.39 is 27.8 Å². The molecule has 1 unspecified atom stereocenters. The minimum atomic E-state index is -1.26. The molecule has 0 radical (unpaired) electrons. The molecule has 1 N–H and O–H groups in total. The summed E-state index contributed by atoms with van der Waals surface area (Å²) >= 11 is -0.0174. The molecule has 2 aromatic heterocycles. The minimum Gasteiger partial charge on any atom is -0.598 e. The Bertz CT molecular complexity index is 1150. The van der Waals surface area contributed by atoms with Crippen LogP contribution < -0.4 is 4.72 Å². The monoisotopic (exact) mass is 489 g/mol. The average molecular weight is 490 g/mol. The van der Waals surface area contributed by atoms with Gasteiger partial charge >= 0.3 is 6.09 Å². The number of thiazole rings is 1. The van der Waals surface area contributed by atoms with Gasteiger partial charge in [-0.25, -0.2) is 9.78 Å². The molecule has 2 heterocycles. The first kappa shape index (κ1) is 25.4. The van der Waals surface area contributed by atoms with E-state index in [2.05, 4.69) is 9.71 Å². The molecule has 0 aliphatic rings. The van der Waals surface area contributed by atoms with Crippen LogP contribution in [0.15, 0.2) is 35.8 Å². The van der Waals surface area contributed by atoms with Gasteiger partial charge in [0.2, 0.25) is 5.78 Å². The summed E-state index contributed by atoms with van der Waals surface area (Å²) in [6, 6.07) is 6.99. The third kappa shape index (κ3) is 5.84. The number of carbonyl (C=O) groups is 2. The Hall–Kier alpha value is -2.20. The van der Waals surface area contributed by atoms with E-state index in [0.717, 1.165) is 0 Å². The number of ketones is 1. The predicted molar refractivity (Wildman–Crippen MR) is 133 cm³/mol. The van der Waals surface area contributed by atoms with Gasteiger partial charge in [-0.3, -0.25) is 9.36 Å². The van der Waals surface area contributed by atoms with E-state index in [1.807, 2.05) is 45.2 Å². The molecule has 0 aliphatic heterocycles. The number of fused-ring (bicyclic) bond motifs is 1. The Morgan fingerprint density at radius 3 is 2.48 bits per heavy atom. The van der Waals surface area contributed by atoms with Crippen molar-refractivity contribution in [1.29, 1.82) is 0 Å². The zero-order valence-corrected chi connectivity index (χ0v) is 21.7. The topological polar surface area (TPSA) is 96.3 Å². The van der Waals surface area contributed by atoms with Crippen LogP contribution in [0.2, 0.25) is 0 Å². The Morgan fingerprint density at radius 1 is 1.21 bits per heavy atom. The van der Waals surface area contributed by atoms with Gasteiger partial charge in [-0.2, -0.15) is 0 Å². The van der Waals surface area contributed by atoms with Gasteiger partial charge in [0.05, 0.1) is 22.8 Å². The van der Waals surface area contributed by atoms with Crippen molar-refractivity contribution in [2.45, 2.75) is 71.3 Å². The Kier molecular flexibility index (Phi) is 7.38. The van der Waals surface area contributed by atoms with Crippen LogP contribution in [0.4, 0.5) is 4.79 Å². The fourth-order valence-corrected chi connectivity index (χ4v) is 4.87. The van der Waals surface area contributed by atoms with Gasteiger partial charge in [-0.05, 0) is 54.0 Å². The van der Waals surface area contributed by atoms with Crippen molar-refractivity contribution in [1.82, 2.24) is 14.3 Å². The summed E-state index contributed by atoms with van der Waals surface area (Å²) in [6.45, 7) is 13.1. The number of benzene rings is 1. The summed E-state index contributed by atoms with van der Waals surface area (Å²) in [5, 5.41) is 2.80. The molecule has 2 atom stereocenters. The number of hydrogen-bond acceptors (Lipinski definition) is 7. The summed E-state index contributed by atoms with van der Waals surface area (Å²) in [4.78, 5) is 30.7. The van der Waals surface area contributed by atoms with Gasteiger partial charge in [-0.15, -0.1) is 16.1 Å². The molecule has 0 bridgehead atoms. The number of carbonyl (C=O) groups excluding carboxylic acids is 2. The van der Waals surface area contributed by atoms with Gasteiger partial charge in [-0.1, -0.05) is 25.1 Å². The van der Waals surface area contributed by atoms with Crippen LogP contribution in [-0.2, 0) is 16.1 Å². The van der Waals surface area contributed by atoms with E-state index in [1.54, 1.807) is 32.9 Å². The van der Waals surface area contributed by atoms with Crippen LogP contribution in [0.5, 0.6) is 0 Å². The molecule has 0 aliphatic carbocycles. The second-order valence-electron chi connectivity index (χ2n) is 9.78. The highest BCUT2D eigenvalue weighted by Gasteiger charge is 2.31. The van der Waals surface area contributed by atoms with E-state index in [9.17, 15) is 14.1 Å². The van der Waals surface area contributed by atoms with Crippen LogP contribution in [0.1, 0.15) is 82.0 Å². The second-order valence-corrected chi connectivity index (χ2v) is 12.6. The van der Waals surface area contributed by atoms with Crippen molar-refractivity contribution in [3.8, 4) is 0 Å². The first-order valence-corrected chi connectivity index (χ1v) is 12.9. The van der Waals surface area contributed by atoms with Gasteiger partial charge in [0, 0.05) is 28.3 Å². The first-order valence-electron chi connectivity index (χ1n) is 10.8. The molecule has 178 valence electrons. The zero-order valence-electron chi connectivity index (χ0n) is 20.1. The number of para-hydroxylation sites is 1. The third-order valence-electron chi connectivity index (χ3n) is 4.83. The molecule has 7 nitrogen and oxygen atoms in total. The Labute approximate surface area is 201 Å². The smallest absolute Gasteiger partial charge is 0.419 e. The molecule has 3 rings (SSSR count). The second kappa shape index (κ2) is 9.58. The Morgan fingerprint density at radius 2 is 1.88 bits per heavy atom. The predicted octanol–water partition coefficient (Wildman–Crippen LogP) is 5.61. The lowest BCUT2D eigenvalue weighted by atomic mass is 10.1. The average Bonchev–Trinajstić information content (AvgIpc) is 3.35. The Balaban J connectivity index is 1.93. The molecule has 9 heteroatoms. The highest BCUT2D eigenvalue weighted by atomic mass is 32.2. The molecule has 0 saturated carbocycles. The number of nitrogens with zero attached hydrogens (tertiary/aromatic N) is 2. The molecule has 0 amide bonds. The van der Waals surface area contributed by atoms with Crippen molar-refractivity contribution in [2.75, 3.05) is 0 Å². The summed E-state index contributed by atoms with van der Waals surface area (Å²) in [5.41, 5.74) is 1.00. The summed E-state index contributed by atoms with van der Waals surface area (Å²) in [5.74, 6) is -0.267. The fraction of sp³-hybridized carbons (Fsp3) is 0.458. The number of hydrogen-bond donors (Lipinski definition) is 1. The molecular weight excluding hydrogens is 458 g/mol. The lowest BCUT2D eigenvalue weighted by Crippen LogP contribution is -2.41. The first-order chi connectivity index (χ1) is 15.3. The fourth-order valence-electron chi connectivity index (χ4n) is 3.15. The quantitative estimate of drug-likeness (QED) is 0.357. The van der Waals surface area contributed by atoms with Crippen molar-refractivity contribution < 1.29 is 18.9 Å². The van der Waals surface area contributed by atoms with Crippen molar-refractivity contribution in [3.05, 3.63) is 52.1 Å². The molecular formula is C24H31N3O4S2. The molecule has 1 aromatic carbocycles. The maximum absolute atomic E-state index is 13.4. The van der Waals surface area contributed by atoms with Crippen molar-refractivity contribution in [3.63, 3.8) is 0 Å². The molecule has 0 fully saturated rings.